The summed E-state index contributed by atoms with van der Waals surface area (Å²) in [7, 11) is 0. The van der Waals surface area contributed by atoms with Crippen LogP contribution in [0.25, 0.3) is 10.9 Å². The summed E-state index contributed by atoms with van der Waals surface area (Å²) in [4.78, 5) is 63.9. The number of fused-ring (bicyclic) bond motifs is 1. The number of carboxylic acids is 2. The van der Waals surface area contributed by atoms with Crippen molar-refractivity contribution >= 4 is 40.6 Å². The number of para-hydroxylation sites is 1. The van der Waals surface area contributed by atoms with Gasteiger partial charge in [0.05, 0.1) is 12.6 Å². The molecule has 0 aliphatic carbocycles. The number of carboxylic acid groups (broad SMARTS) is 2. The van der Waals surface area contributed by atoms with Crippen molar-refractivity contribution in [2.75, 3.05) is 6.61 Å². The van der Waals surface area contributed by atoms with Crippen molar-refractivity contribution in [3.05, 3.63) is 36.0 Å². The van der Waals surface area contributed by atoms with Crippen molar-refractivity contribution in [3.8, 4) is 0 Å². The molecule has 38 heavy (non-hydrogen) atoms. The van der Waals surface area contributed by atoms with E-state index in [1.807, 2.05) is 24.3 Å². The van der Waals surface area contributed by atoms with E-state index in [4.69, 9.17) is 10.8 Å². The highest BCUT2D eigenvalue weighted by molar-refractivity contribution is 5.94. The smallest absolute Gasteiger partial charge is 0.326 e. The van der Waals surface area contributed by atoms with Crippen LogP contribution in [0.1, 0.15) is 38.7 Å². The molecule has 2 rings (SSSR count). The third-order valence-corrected chi connectivity index (χ3v) is 5.87. The molecule has 208 valence electrons. The normalized spacial score (nSPS) is 14.3. The molecule has 1 aromatic heterocycles. The number of aromatic amines is 1. The molecule has 0 saturated carbocycles. The van der Waals surface area contributed by atoms with Gasteiger partial charge in [-0.2, -0.15) is 0 Å². The van der Waals surface area contributed by atoms with Crippen LogP contribution in [0.3, 0.4) is 0 Å². The van der Waals surface area contributed by atoms with E-state index in [1.54, 1.807) is 20.0 Å². The highest BCUT2D eigenvalue weighted by atomic mass is 16.4. The Labute approximate surface area is 219 Å². The molecule has 0 bridgehead atoms. The van der Waals surface area contributed by atoms with Crippen molar-refractivity contribution in [1.29, 1.82) is 0 Å². The molecule has 1 aromatic carbocycles. The van der Waals surface area contributed by atoms with Crippen LogP contribution in [0.2, 0.25) is 0 Å². The molecule has 0 saturated heterocycles. The summed E-state index contributed by atoms with van der Waals surface area (Å²) < 4.78 is 0. The van der Waals surface area contributed by atoms with E-state index in [9.17, 15) is 34.2 Å². The van der Waals surface area contributed by atoms with Crippen LogP contribution in [0.5, 0.6) is 0 Å². The highest BCUT2D eigenvalue weighted by Gasteiger charge is 2.30. The van der Waals surface area contributed by atoms with Gasteiger partial charge >= 0.3 is 11.9 Å². The molecule has 0 radical (unpaired) electrons. The van der Waals surface area contributed by atoms with Crippen molar-refractivity contribution in [1.82, 2.24) is 20.9 Å². The number of H-pyrrole nitrogens is 1. The van der Waals surface area contributed by atoms with Gasteiger partial charge in [-0.15, -0.1) is 0 Å². The Morgan fingerprint density at radius 2 is 1.53 bits per heavy atom. The molecule has 4 unspecified atom stereocenters. The second kappa shape index (κ2) is 14.1. The number of aromatic nitrogens is 1. The number of benzene rings is 1. The Hall–Kier alpha value is -3.97. The van der Waals surface area contributed by atoms with E-state index in [0.29, 0.717) is 0 Å². The molecule has 1 heterocycles. The van der Waals surface area contributed by atoms with E-state index >= 15 is 0 Å². The van der Waals surface area contributed by atoms with Gasteiger partial charge in [0.15, 0.2) is 0 Å². The highest BCUT2D eigenvalue weighted by Crippen LogP contribution is 2.19. The molecule has 13 heteroatoms. The van der Waals surface area contributed by atoms with Gasteiger partial charge in [0.2, 0.25) is 17.7 Å². The predicted octanol–water partition coefficient (Wildman–Crippen LogP) is -0.520. The van der Waals surface area contributed by atoms with Gasteiger partial charge in [-0.25, -0.2) is 4.79 Å². The SMILES string of the molecule is CC(C)CC(NC(=O)C(CO)NC(=O)C(CCC(=O)O)NC(=O)C(N)Cc1c[nH]c2ccccc12)C(=O)O. The van der Waals surface area contributed by atoms with Gasteiger partial charge in [0.25, 0.3) is 0 Å². The van der Waals surface area contributed by atoms with Crippen molar-refractivity contribution in [2.45, 2.75) is 63.7 Å². The standard InChI is InChI=1S/C25H35N5O8/c1-13(2)9-19(25(37)38)29-24(36)20(12-31)30-23(35)18(7-8-21(32)33)28-22(34)16(26)10-14-11-27-17-6-4-3-5-15(14)17/h3-6,11,13,16,18-20,27,31H,7-10,12,26H2,1-2H3,(H,28,34)(H,29,36)(H,30,35)(H,32,33)(H,37,38). The number of rotatable bonds is 15. The Bertz CT molecular complexity index is 1150. The maximum absolute atomic E-state index is 12.9. The average Bonchev–Trinajstić information content (AvgIpc) is 3.26. The zero-order valence-corrected chi connectivity index (χ0v) is 21.3. The van der Waals surface area contributed by atoms with E-state index in [0.717, 1.165) is 16.5 Å². The first-order valence-electron chi connectivity index (χ1n) is 12.2. The summed E-state index contributed by atoms with van der Waals surface area (Å²) in [6, 6.07) is 2.22. The molecule has 0 aliphatic heterocycles. The molecular formula is C25H35N5O8. The van der Waals surface area contributed by atoms with Crippen LogP contribution < -0.4 is 21.7 Å². The maximum atomic E-state index is 12.9. The molecule has 2 aromatic rings. The molecule has 0 spiro atoms. The average molecular weight is 534 g/mol. The second-order valence-corrected chi connectivity index (χ2v) is 9.44. The monoisotopic (exact) mass is 533 g/mol. The van der Waals surface area contributed by atoms with Gasteiger partial charge in [0.1, 0.15) is 18.1 Å². The maximum Gasteiger partial charge on any atom is 0.326 e. The summed E-state index contributed by atoms with van der Waals surface area (Å²) in [6.45, 7) is 2.68. The van der Waals surface area contributed by atoms with Crippen LogP contribution in [-0.2, 0) is 30.4 Å². The number of amides is 3. The third-order valence-electron chi connectivity index (χ3n) is 5.87. The number of aliphatic hydroxyl groups excluding tert-OH is 1. The van der Waals surface area contributed by atoms with E-state index < -0.39 is 66.9 Å². The van der Waals surface area contributed by atoms with Crippen LogP contribution in [0.15, 0.2) is 30.5 Å². The molecule has 3 amide bonds. The van der Waals surface area contributed by atoms with Crippen molar-refractivity contribution in [3.63, 3.8) is 0 Å². The van der Waals surface area contributed by atoms with Gasteiger partial charge in [-0.05, 0) is 36.8 Å². The van der Waals surface area contributed by atoms with Crippen LogP contribution in [-0.4, -0.2) is 80.7 Å². The van der Waals surface area contributed by atoms with E-state index in [2.05, 4.69) is 20.9 Å². The zero-order chi connectivity index (χ0) is 28.4. The number of carbonyl (C=O) groups excluding carboxylic acids is 3. The zero-order valence-electron chi connectivity index (χ0n) is 21.3. The lowest BCUT2D eigenvalue weighted by atomic mass is 10.0. The number of aliphatic hydroxyl groups is 1. The summed E-state index contributed by atoms with van der Waals surface area (Å²) in [5.74, 6) is -5.12. The minimum absolute atomic E-state index is 0.0531. The molecule has 0 aliphatic rings. The van der Waals surface area contributed by atoms with Gasteiger partial charge in [-0.3, -0.25) is 19.2 Å². The first-order chi connectivity index (χ1) is 17.9. The Morgan fingerprint density at radius 1 is 0.921 bits per heavy atom. The van der Waals surface area contributed by atoms with Crippen LogP contribution >= 0.6 is 0 Å². The predicted molar refractivity (Wildman–Crippen MR) is 137 cm³/mol. The van der Waals surface area contributed by atoms with E-state index in [1.165, 1.54) is 0 Å². The van der Waals surface area contributed by atoms with E-state index in [-0.39, 0.29) is 25.2 Å². The molecule has 9 N–H and O–H groups in total. The summed E-state index contributed by atoms with van der Waals surface area (Å²) in [5, 5.41) is 35.9. The minimum atomic E-state index is -1.53. The quantitative estimate of drug-likeness (QED) is 0.147. The van der Waals surface area contributed by atoms with Crippen LogP contribution in [0.4, 0.5) is 0 Å². The molecule has 13 nitrogen and oxygen atoms in total. The van der Waals surface area contributed by atoms with Gasteiger partial charge < -0.3 is 42.0 Å². The fraction of sp³-hybridized carbons (Fsp3) is 0.480. The summed E-state index contributed by atoms with van der Waals surface area (Å²) in [5.41, 5.74) is 7.71. The minimum Gasteiger partial charge on any atom is -0.481 e. The fourth-order valence-electron chi connectivity index (χ4n) is 3.88. The summed E-state index contributed by atoms with van der Waals surface area (Å²) in [6.07, 6.45) is 1.20. The number of nitrogens with one attached hydrogen (secondary N) is 4. The third kappa shape index (κ3) is 8.85. The fourth-order valence-corrected chi connectivity index (χ4v) is 3.88. The number of hydrogen-bond acceptors (Lipinski definition) is 7. The Morgan fingerprint density at radius 3 is 2.13 bits per heavy atom. The largest absolute Gasteiger partial charge is 0.481 e. The van der Waals surface area contributed by atoms with Gasteiger partial charge in [0, 0.05) is 23.5 Å². The number of aliphatic carboxylic acids is 2. The number of hydrogen-bond donors (Lipinski definition) is 8. The van der Waals surface area contributed by atoms with Crippen molar-refractivity contribution in [2.24, 2.45) is 11.7 Å². The number of carbonyl (C=O) groups is 5. The van der Waals surface area contributed by atoms with Gasteiger partial charge in [-0.1, -0.05) is 32.0 Å². The topological polar surface area (TPSA) is 224 Å². The Balaban J connectivity index is 2.08. The number of nitrogens with two attached hydrogens (primary N) is 1. The first-order valence-corrected chi connectivity index (χ1v) is 12.2. The lowest BCUT2D eigenvalue weighted by molar-refractivity contribution is -0.143. The molecule has 4 atom stereocenters. The van der Waals surface area contributed by atoms with Crippen molar-refractivity contribution < 1.29 is 39.3 Å². The second-order valence-electron chi connectivity index (χ2n) is 9.44. The lowest BCUT2D eigenvalue weighted by Gasteiger charge is -2.24. The summed E-state index contributed by atoms with van der Waals surface area (Å²) >= 11 is 0. The molecule has 0 fully saturated rings. The van der Waals surface area contributed by atoms with Crippen LogP contribution in [0, 0.1) is 5.92 Å². The lowest BCUT2D eigenvalue weighted by Crippen LogP contribution is -2.58. The Kier molecular flexibility index (Phi) is 11.2. The first kappa shape index (κ1) is 30.3. The molecular weight excluding hydrogens is 498 g/mol.